The van der Waals surface area contributed by atoms with Gasteiger partial charge in [-0.2, -0.15) is 0 Å². The van der Waals surface area contributed by atoms with Crippen molar-refractivity contribution in [1.82, 2.24) is 30.1 Å². The number of carbonyl (C=O) groups excluding carboxylic acids is 2. The van der Waals surface area contributed by atoms with Crippen molar-refractivity contribution in [1.29, 1.82) is 0 Å². The van der Waals surface area contributed by atoms with Crippen molar-refractivity contribution >= 4 is 29.1 Å². The van der Waals surface area contributed by atoms with Gasteiger partial charge >= 0.3 is 0 Å². The lowest BCUT2D eigenvalue weighted by atomic mass is 9.97. The fraction of sp³-hybridized carbons (Fsp3) is 0.371. The number of amides is 2. The summed E-state index contributed by atoms with van der Waals surface area (Å²) >= 11 is 7.05. The van der Waals surface area contributed by atoms with E-state index in [1.54, 1.807) is 13.3 Å². The average molecular weight is 658 g/mol. The molecule has 12 heteroatoms. The van der Waals surface area contributed by atoms with Gasteiger partial charge in [0.2, 0.25) is 5.91 Å². The first kappa shape index (κ1) is 32.6. The van der Waals surface area contributed by atoms with Crippen molar-refractivity contribution in [2.75, 3.05) is 38.7 Å². The largest absolute Gasteiger partial charge is 0.496 e. The number of rotatable bonds is 11. The van der Waals surface area contributed by atoms with Gasteiger partial charge < -0.3 is 30.4 Å². The van der Waals surface area contributed by atoms with Gasteiger partial charge in [0.05, 0.1) is 30.1 Å². The summed E-state index contributed by atoms with van der Waals surface area (Å²) in [5.41, 5.74) is 7.56. The Kier molecular flexibility index (Phi) is 9.88. The molecule has 1 fully saturated rings. The number of anilines is 1. The maximum Gasteiger partial charge on any atom is 0.291 e. The van der Waals surface area contributed by atoms with Crippen LogP contribution in [0, 0.1) is 6.92 Å². The number of carbonyl (C=O) groups is 2. The van der Waals surface area contributed by atoms with Gasteiger partial charge in [-0.3, -0.25) is 19.5 Å². The minimum absolute atomic E-state index is 0.0936. The lowest BCUT2D eigenvalue weighted by Crippen LogP contribution is -2.35. The quantitative estimate of drug-likeness (QED) is 0.190. The zero-order chi connectivity index (χ0) is 33.1. The maximum atomic E-state index is 13.5. The summed E-state index contributed by atoms with van der Waals surface area (Å²) in [5.74, 6) is 0.888. The Labute approximate surface area is 279 Å². The minimum Gasteiger partial charge on any atom is -0.496 e. The Bertz CT molecular complexity index is 1810. The van der Waals surface area contributed by atoms with Crippen LogP contribution in [0.1, 0.15) is 46.0 Å². The first-order valence-corrected chi connectivity index (χ1v) is 16.3. The fourth-order valence-corrected chi connectivity index (χ4v) is 6.78. The summed E-state index contributed by atoms with van der Waals surface area (Å²) in [6, 6.07) is 13.7. The summed E-state index contributed by atoms with van der Waals surface area (Å²) in [7, 11) is 3.51. The smallest absolute Gasteiger partial charge is 0.291 e. The second kappa shape index (κ2) is 14.2. The molecule has 4 aromatic rings. The van der Waals surface area contributed by atoms with E-state index in [-0.39, 0.29) is 24.5 Å². The monoisotopic (exact) mass is 657 g/mol. The zero-order valence-electron chi connectivity index (χ0n) is 26.9. The SMILES string of the molecule is COc1cc(-c2nccc(-c3cccc(NC(=O)c4nc5c(n4C)CCN(CCO)C5)c3C)c2Cl)ccc1CNCC1CCC(=O)N1. The highest BCUT2D eigenvalue weighted by atomic mass is 35.5. The summed E-state index contributed by atoms with van der Waals surface area (Å²) in [5, 5.41) is 19.3. The summed E-state index contributed by atoms with van der Waals surface area (Å²) in [6.07, 6.45) is 3.93. The van der Waals surface area contributed by atoms with Gasteiger partial charge in [-0.25, -0.2) is 4.98 Å². The number of hydrogen-bond acceptors (Lipinski definition) is 8. The average Bonchev–Trinajstić information content (AvgIpc) is 3.64. The van der Waals surface area contributed by atoms with Crippen LogP contribution in [0.4, 0.5) is 5.69 Å². The number of imidazole rings is 1. The zero-order valence-corrected chi connectivity index (χ0v) is 27.7. The molecule has 4 N–H and O–H groups in total. The predicted molar refractivity (Wildman–Crippen MR) is 182 cm³/mol. The molecule has 2 aromatic carbocycles. The third-order valence-corrected chi connectivity index (χ3v) is 9.45. The van der Waals surface area contributed by atoms with Crippen molar-refractivity contribution in [3.8, 4) is 28.1 Å². The number of nitrogens with one attached hydrogen (secondary N) is 3. The molecule has 1 unspecified atom stereocenters. The van der Waals surface area contributed by atoms with Gasteiger partial charge in [0, 0.05) is 92.9 Å². The summed E-state index contributed by atoms with van der Waals surface area (Å²) < 4.78 is 7.59. The van der Waals surface area contributed by atoms with E-state index in [2.05, 4.69) is 30.8 Å². The Morgan fingerprint density at radius 1 is 1.19 bits per heavy atom. The Hall–Kier alpha value is -4.29. The fourth-order valence-electron chi connectivity index (χ4n) is 6.46. The molecule has 2 aliphatic rings. The van der Waals surface area contributed by atoms with Crippen LogP contribution >= 0.6 is 11.6 Å². The second-order valence-corrected chi connectivity index (χ2v) is 12.4. The third kappa shape index (κ3) is 6.89. The number of β-amino-alcohol motifs (C(OH)–C–C–N with tert-alkyl or cyclic N) is 1. The second-order valence-electron chi connectivity index (χ2n) is 12.1. The van der Waals surface area contributed by atoms with Crippen LogP contribution < -0.4 is 20.7 Å². The van der Waals surface area contributed by atoms with Gasteiger partial charge in [-0.15, -0.1) is 0 Å². The summed E-state index contributed by atoms with van der Waals surface area (Å²) in [4.78, 5) is 36.4. The number of methoxy groups -OCH3 is 1. The highest BCUT2D eigenvalue weighted by molar-refractivity contribution is 6.35. The van der Waals surface area contributed by atoms with Gasteiger partial charge in [0.15, 0.2) is 5.82 Å². The van der Waals surface area contributed by atoms with Crippen LogP contribution in [-0.2, 0) is 31.4 Å². The number of hydrogen-bond donors (Lipinski definition) is 4. The van der Waals surface area contributed by atoms with Gasteiger partial charge in [-0.1, -0.05) is 35.9 Å². The number of aliphatic hydroxyl groups is 1. The molecular weight excluding hydrogens is 618 g/mol. The Morgan fingerprint density at radius 2 is 2.04 bits per heavy atom. The molecule has 6 rings (SSSR count). The molecule has 246 valence electrons. The first-order chi connectivity index (χ1) is 22.8. The number of halogens is 1. The number of fused-ring (bicyclic) bond motifs is 1. The van der Waals surface area contributed by atoms with E-state index < -0.39 is 0 Å². The van der Waals surface area contributed by atoms with Crippen LogP contribution in [0.5, 0.6) is 5.75 Å². The molecule has 0 aliphatic carbocycles. The van der Waals surface area contributed by atoms with Crippen molar-refractivity contribution in [3.05, 3.63) is 82.0 Å². The molecule has 0 saturated carbocycles. The minimum atomic E-state index is -0.285. The van der Waals surface area contributed by atoms with Crippen molar-refractivity contribution in [2.24, 2.45) is 7.05 Å². The predicted octanol–water partition coefficient (Wildman–Crippen LogP) is 4.09. The molecule has 0 bridgehead atoms. The van der Waals surface area contributed by atoms with E-state index in [1.165, 1.54) is 0 Å². The van der Waals surface area contributed by atoms with Crippen molar-refractivity contribution in [2.45, 2.75) is 45.3 Å². The van der Waals surface area contributed by atoms with Crippen LogP contribution in [-0.4, -0.2) is 75.7 Å². The van der Waals surface area contributed by atoms with Gasteiger partial charge in [-0.05, 0) is 42.7 Å². The summed E-state index contributed by atoms with van der Waals surface area (Å²) in [6.45, 7) is 5.36. The van der Waals surface area contributed by atoms with E-state index in [4.69, 9.17) is 16.3 Å². The molecule has 47 heavy (non-hydrogen) atoms. The van der Waals surface area contributed by atoms with Gasteiger partial charge in [0.1, 0.15) is 5.75 Å². The number of aromatic nitrogens is 3. The van der Waals surface area contributed by atoms with Crippen LogP contribution in [0.15, 0.2) is 48.7 Å². The van der Waals surface area contributed by atoms with Crippen molar-refractivity contribution < 1.29 is 19.4 Å². The molecule has 1 atom stereocenters. The van der Waals surface area contributed by atoms with Crippen LogP contribution in [0.25, 0.3) is 22.4 Å². The van der Waals surface area contributed by atoms with Crippen LogP contribution in [0.3, 0.4) is 0 Å². The standard InChI is InChI=1S/C35H40ClN7O4/c1-21-25(5-4-6-27(21)41-35(46)34-40-28-20-43(15-16-44)14-12-29(28)42(34)2)26-11-13-38-33(32(26)36)22-7-8-23(30(17-22)47-3)18-37-19-24-9-10-31(45)39-24/h4-8,11,13,17,24,37,44H,9-10,12,14-16,18-20H2,1-3H3,(H,39,45)(H,41,46). The lowest BCUT2D eigenvalue weighted by Gasteiger charge is -2.25. The number of ether oxygens (including phenoxy) is 1. The van der Waals surface area contributed by atoms with E-state index >= 15 is 0 Å². The van der Waals surface area contributed by atoms with E-state index in [9.17, 15) is 14.7 Å². The topological polar surface area (TPSA) is 134 Å². The van der Waals surface area contributed by atoms with E-state index in [0.717, 1.165) is 58.6 Å². The number of nitrogens with zero attached hydrogens (tertiary/aromatic N) is 4. The molecule has 2 amide bonds. The molecular formula is C35H40ClN7O4. The first-order valence-electron chi connectivity index (χ1n) is 15.9. The number of benzene rings is 2. The molecule has 2 aliphatic heterocycles. The van der Waals surface area contributed by atoms with Crippen molar-refractivity contribution in [3.63, 3.8) is 0 Å². The Morgan fingerprint density at radius 3 is 2.81 bits per heavy atom. The molecule has 0 spiro atoms. The molecule has 2 aromatic heterocycles. The highest BCUT2D eigenvalue weighted by Gasteiger charge is 2.26. The van der Waals surface area contributed by atoms with Gasteiger partial charge in [0.25, 0.3) is 5.91 Å². The molecule has 0 radical (unpaired) electrons. The third-order valence-electron chi connectivity index (χ3n) is 9.07. The molecule has 1 saturated heterocycles. The Balaban J connectivity index is 1.20. The molecule has 11 nitrogen and oxygen atoms in total. The van der Waals surface area contributed by atoms with E-state index in [0.29, 0.717) is 60.6 Å². The van der Waals surface area contributed by atoms with E-state index in [1.807, 2.05) is 61.0 Å². The molecule has 4 heterocycles. The van der Waals surface area contributed by atoms with Crippen LogP contribution in [0.2, 0.25) is 5.02 Å². The highest BCUT2D eigenvalue weighted by Crippen LogP contribution is 2.39. The lowest BCUT2D eigenvalue weighted by molar-refractivity contribution is -0.119. The maximum absolute atomic E-state index is 13.5. The number of aliphatic hydroxyl groups excluding tert-OH is 1. The number of pyridine rings is 1. The normalized spacial score (nSPS) is 16.2.